The third kappa shape index (κ3) is 5.03. The Hall–Kier alpha value is -2.93. The molecule has 136 valence electrons. The van der Waals surface area contributed by atoms with E-state index in [2.05, 4.69) is 15.5 Å². The Bertz CT molecular complexity index is 840. The Morgan fingerprint density at radius 3 is 2.92 bits per heavy atom. The predicted molar refractivity (Wildman–Crippen MR) is 95.3 cm³/mol. The molecule has 0 atom stereocenters. The molecule has 0 fully saturated rings. The number of aryl methyl sites for hydroxylation is 1. The Morgan fingerprint density at radius 2 is 2.15 bits per heavy atom. The Labute approximate surface area is 151 Å². The first-order valence-corrected chi connectivity index (χ1v) is 8.47. The van der Waals surface area contributed by atoms with Crippen LogP contribution in [0.5, 0.6) is 0 Å². The van der Waals surface area contributed by atoms with E-state index in [1.165, 1.54) is 0 Å². The molecule has 0 spiro atoms. The van der Waals surface area contributed by atoms with Gasteiger partial charge in [-0.1, -0.05) is 17.3 Å². The summed E-state index contributed by atoms with van der Waals surface area (Å²) in [5.41, 5.74) is 1.75. The van der Waals surface area contributed by atoms with Gasteiger partial charge in [-0.3, -0.25) is 4.79 Å². The molecule has 0 saturated carbocycles. The molecule has 3 rings (SSSR count). The van der Waals surface area contributed by atoms with Crippen LogP contribution in [0.25, 0.3) is 11.6 Å². The summed E-state index contributed by atoms with van der Waals surface area (Å²) in [4.78, 5) is 16.4. The van der Waals surface area contributed by atoms with Crippen molar-refractivity contribution in [2.24, 2.45) is 0 Å². The van der Waals surface area contributed by atoms with E-state index in [1.807, 2.05) is 38.1 Å². The van der Waals surface area contributed by atoms with Gasteiger partial charge >= 0.3 is 0 Å². The van der Waals surface area contributed by atoms with Crippen LogP contribution in [0.2, 0.25) is 0 Å². The summed E-state index contributed by atoms with van der Waals surface area (Å²) < 4.78 is 15.9. The minimum absolute atomic E-state index is 0.121. The molecule has 0 aliphatic heterocycles. The maximum Gasteiger partial charge on any atom is 0.238 e. The Balaban J connectivity index is 1.50. The van der Waals surface area contributed by atoms with Crippen molar-refractivity contribution in [1.82, 2.24) is 10.1 Å². The third-order valence-electron chi connectivity index (χ3n) is 3.57. The van der Waals surface area contributed by atoms with Crippen LogP contribution < -0.4 is 5.32 Å². The first kappa shape index (κ1) is 17.9. The molecule has 0 aliphatic rings. The van der Waals surface area contributed by atoms with Crippen LogP contribution in [0.3, 0.4) is 0 Å². The lowest BCUT2D eigenvalue weighted by atomic mass is 10.2. The molecule has 0 unspecified atom stereocenters. The van der Waals surface area contributed by atoms with Gasteiger partial charge in [0, 0.05) is 18.5 Å². The zero-order chi connectivity index (χ0) is 18.4. The van der Waals surface area contributed by atoms with E-state index >= 15 is 0 Å². The van der Waals surface area contributed by atoms with Crippen LogP contribution in [0.1, 0.15) is 31.7 Å². The number of furan rings is 1. The molecule has 2 aromatic heterocycles. The number of carbonyl (C=O) groups excluding carboxylic acids is 1. The highest BCUT2D eigenvalue weighted by molar-refractivity contribution is 5.90. The number of carbonyl (C=O) groups is 1. The highest BCUT2D eigenvalue weighted by atomic mass is 16.5. The summed E-state index contributed by atoms with van der Waals surface area (Å²) in [5, 5.41) is 6.71. The van der Waals surface area contributed by atoms with Crippen molar-refractivity contribution in [3.8, 4) is 11.6 Å². The number of ether oxygens (including phenoxy) is 1. The molecule has 3 aromatic rings. The largest absolute Gasteiger partial charge is 0.461 e. The van der Waals surface area contributed by atoms with Gasteiger partial charge in [0.15, 0.2) is 5.76 Å². The van der Waals surface area contributed by atoms with Gasteiger partial charge in [-0.2, -0.15) is 4.98 Å². The van der Waals surface area contributed by atoms with Gasteiger partial charge in [-0.25, -0.2) is 0 Å². The first-order chi connectivity index (χ1) is 12.6. The van der Waals surface area contributed by atoms with Crippen molar-refractivity contribution < 1.29 is 18.5 Å². The smallest absolute Gasteiger partial charge is 0.238 e. The highest BCUT2D eigenvalue weighted by Gasteiger charge is 2.12. The lowest BCUT2D eigenvalue weighted by Gasteiger charge is -2.09. The number of hydrogen-bond donors (Lipinski definition) is 1. The second-order valence-electron chi connectivity index (χ2n) is 6.10. The average molecular weight is 355 g/mol. The van der Waals surface area contributed by atoms with E-state index in [1.54, 1.807) is 18.4 Å². The topological polar surface area (TPSA) is 90.4 Å². The summed E-state index contributed by atoms with van der Waals surface area (Å²) >= 11 is 0. The molecular weight excluding hydrogens is 334 g/mol. The zero-order valence-electron chi connectivity index (χ0n) is 14.8. The minimum Gasteiger partial charge on any atom is -0.461 e. The number of benzene rings is 1. The fourth-order valence-electron chi connectivity index (χ4n) is 2.31. The number of nitrogens with zero attached hydrogens (tertiary/aromatic N) is 2. The number of anilines is 1. The van der Waals surface area contributed by atoms with Gasteiger partial charge in [-0.05, 0) is 43.7 Å². The summed E-state index contributed by atoms with van der Waals surface area (Å²) in [7, 11) is 0. The van der Waals surface area contributed by atoms with E-state index in [0.717, 1.165) is 11.3 Å². The normalized spacial score (nSPS) is 11.0. The molecule has 1 amide bonds. The Kier molecular flexibility index (Phi) is 5.80. The standard InChI is InChI=1S/C19H21N3O4/c1-13(2)25-12-14-5-3-6-15(11-14)20-17(23)8-9-18-21-19(22-26-18)16-7-4-10-24-16/h3-7,10-11,13H,8-9,12H2,1-2H3,(H,20,23). The van der Waals surface area contributed by atoms with Crippen molar-refractivity contribution in [2.45, 2.75) is 39.4 Å². The number of aromatic nitrogens is 2. The fourth-order valence-corrected chi connectivity index (χ4v) is 2.31. The Morgan fingerprint density at radius 1 is 1.27 bits per heavy atom. The molecule has 7 heteroatoms. The molecular formula is C19H21N3O4. The summed E-state index contributed by atoms with van der Waals surface area (Å²) in [6.45, 7) is 4.49. The quantitative estimate of drug-likeness (QED) is 0.660. The van der Waals surface area contributed by atoms with Crippen molar-refractivity contribution in [2.75, 3.05) is 5.32 Å². The molecule has 2 heterocycles. The van der Waals surface area contributed by atoms with Gasteiger partial charge < -0.3 is 19.0 Å². The van der Waals surface area contributed by atoms with Crippen LogP contribution in [0.15, 0.2) is 51.6 Å². The molecule has 0 aliphatic carbocycles. The lowest BCUT2D eigenvalue weighted by Crippen LogP contribution is -2.12. The maximum absolute atomic E-state index is 12.1. The van der Waals surface area contributed by atoms with E-state index < -0.39 is 0 Å². The second-order valence-corrected chi connectivity index (χ2v) is 6.10. The van der Waals surface area contributed by atoms with E-state index in [9.17, 15) is 4.79 Å². The number of amides is 1. The van der Waals surface area contributed by atoms with Crippen LogP contribution in [-0.2, 0) is 22.6 Å². The first-order valence-electron chi connectivity index (χ1n) is 8.47. The molecule has 7 nitrogen and oxygen atoms in total. The van der Waals surface area contributed by atoms with Crippen LogP contribution in [0, 0.1) is 0 Å². The predicted octanol–water partition coefficient (Wildman–Crippen LogP) is 3.83. The minimum atomic E-state index is -0.121. The van der Waals surface area contributed by atoms with Gasteiger partial charge in [-0.15, -0.1) is 0 Å². The fraction of sp³-hybridized carbons (Fsp3) is 0.316. The highest BCUT2D eigenvalue weighted by Crippen LogP contribution is 2.17. The maximum atomic E-state index is 12.1. The van der Waals surface area contributed by atoms with Gasteiger partial charge in [0.05, 0.1) is 19.0 Å². The van der Waals surface area contributed by atoms with E-state index in [0.29, 0.717) is 30.5 Å². The zero-order valence-corrected chi connectivity index (χ0v) is 14.8. The lowest BCUT2D eigenvalue weighted by molar-refractivity contribution is -0.116. The summed E-state index contributed by atoms with van der Waals surface area (Å²) in [6, 6.07) is 11.1. The second kappa shape index (κ2) is 8.44. The van der Waals surface area contributed by atoms with Crippen molar-refractivity contribution in [3.63, 3.8) is 0 Å². The monoisotopic (exact) mass is 355 g/mol. The molecule has 1 aromatic carbocycles. The van der Waals surface area contributed by atoms with Gasteiger partial charge in [0.25, 0.3) is 0 Å². The van der Waals surface area contributed by atoms with Crippen LogP contribution in [-0.4, -0.2) is 22.2 Å². The molecule has 0 saturated heterocycles. The molecule has 0 radical (unpaired) electrons. The molecule has 1 N–H and O–H groups in total. The SMILES string of the molecule is CC(C)OCc1cccc(NC(=O)CCc2nc(-c3ccco3)no2)c1. The average Bonchev–Trinajstić information content (AvgIpc) is 3.30. The van der Waals surface area contributed by atoms with Gasteiger partial charge in [0.2, 0.25) is 17.6 Å². The van der Waals surface area contributed by atoms with E-state index in [-0.39, 0.29) is 18.4 Å². The number of rotatable bonds is 8. The molecule has 26 heavy (non-hydrogen) atoms. The summed E-state index contributed by atoms with van der Waals surface area (Å²) in [5.74, 6) is 1.18. The molecule has 0 bridgehead atoms. The van der Waals surface area contributed by atoms with Crippen LogP contribution >= 0.6 is 0 Å². The van der Waals surface area contributed by atoms with E-state index in [4.69, 9.17) is 13.7 Å². The summed E-state index contributed by atoms with van der Waals surface area (Å²) in [6.07, 6.45) is 2.30. The van der Waals surface area contributed by atoms with Crippen molar-refractivity contribution in [1.29, 1.82) is 0 Å². The van der Waals surface area contributed by atoms with Crippen LogP contribution in [0.4, 0.5) is 5.69 Å². The number of hydrogen-bond acceptors (Lipinski definition) is 6. The number of nitrogens with one attached hydrogen (secondary N) is 1. The van der Waals surface area contributed by atoms with Crippen molar-refractivity contribution in [3.05, 3.63) is 54.1 Å². The van der Waals surface area contributed by atoms with Gasteiger partial charge in [0.1, 0.15) is 0 Å². The van der Waals surface area contributed by atoms with Crippen molar-refractivity contribution >= 4 is 11.6 Å². The third-order valence-corrected chi connectivity index (χ3v) is 3.57.